The molecule has 2 N–H and O–H groups in total. The Kier molecular flexibility index (Phi) is 4.79. The molecule has 1 heterocycles. The van der Waals surface area contributed by atoms with Gasteiger partial charge in [0.2, 0.25) is 0 Å². The minimum absolute atomic E-state index is 0.140. The molecule has 0 bridgehead atoms. The lowest BCUT2D eigenvalue weighted by molar-refractivity contribution is -0.140. The number of hydrogen-bond acceptors (Lipinski definition) is 3. The summed E-state index contributed by atoms with van der Waals surface area (Å²) in [6.45, 7) is 1.85. The van der Waals surface area contributed by atoms with Crippen molar-refractivity contribution in [2.24, 2.45) is 5.92 Å². The summed E-state index contributed by atoms with van der Waals surface area (Å²) in [5, 5.41) is 11.8. The topological polar surface area (TPSA) is 78.9 Å². The van der Waals surface area contributed by atoms with Gasteiger partial charge in [-0.1, -0.05) is 18.2 Å². The molecule has 0 radical (unpaired) electrons. The van der Waals surface area contributed by atoms with Crippen LogP contribution in [-0.4, -0.2) is 54.9 Å². The molecule has 1 aliphatic carbocycles. The Balaban J connectivity index is 1.79. The van der Waals surface area contributed by atoms with Crippen molar-refractivity contribution in [3.05, 3.63) is 23.8 Å². The number of carboxylic acids is 1. The second kappa shape index (κ2) is 6.56. The third-order valence-corrected chi connectivity index (χ3v) is 3.63. The molecule has 2 amide bonds. The van der Waals surface area contributed by atoms with E-state index in [1.54, 1.807) is 24.2 Å². The quantitative estimate of drug-likeness (QED) is 0.753. The number of amides is 2. The van der Waals surface area contributed by atoms with Gasteiger partial charge in [0.05, 0.1) is 18.6 Å². The first kappa shape index (κ1) is 14.6. The highest BCUT2D eigenvalue weighted by molar-refractivity contribution is 5.76. The van der Waals surface area contributed by atoms with Crippen molar-refractivity contribution in [1.29, 1.82) is 0 Å². The number of rotatable bonds is 4. The van der Waals surface area contributed by atoms with Crippen LogP contribution in [0.25, 0.3) is 0 Å². The summed E-state index contributed by atoms with van der Waals surface area (Å²) < 4.78 is 5.07. The van der Waals surface area contributed by atoms with Crippen molar-refractivity contribution in [1.82, 2.24) is 10.2 Å². The number of ether oxygens (including phenoxy) is 1. The van der Waals surface area contributed by atoms with E-state index in [-0.39, 0.29) is 12.1 Å². The molecule has 0 spiro atoms. The molecule has 2 aliphatic rings. The molecule has 0 saturated carbocycles. The fourth-order valence-corrected chi connectivity index (χ4v) is 2.45. The first-order valence-electron chi connectivity index (χ1n) is 6.73. The number of carboxylic acid groups (broad SMARTS) is 1. The molecule has 0 aromatic heterocycles. The van der Waals surface area contributed by atoms with Crippen molar-refractivity contribution in [2.45, 2.75) is 18.9 Å². The van der Waals surface area contributed by atoms with Crippen LogP contribution >= 0.6 is 0 Å². The molecule has 2 rings (SSSR count). The zero-order chi connectivity index (χ0) is 14.5. The number of aliphatic carboxylic acids is 1. The maximum atomic E-state index is 12.1. The molecule has 110 valence electrons. The third kappa shape index (κ3) is 3.60. The second-order valence-electron chi connectivity index (χ2n) is 5.11. The molecule has 2 unspecified atom stereocenters. The highest BCUT2D eigenvalue weighted by Gasteiger charge is 2.27. The van der Waals surface area contributed by atoms with Gasteiger partial charge in [0.15, 0.2) is 0 Å². The Morgan fingerprint density at radius 3 is 2.85 bits per heavy atom. The zero-order valence-electron chi connectivity index (χ0n) is 11.5. The highest BCUT2D eigenvalue weighted by Crippen LogP contribution is 2.18. The summed E-state index contributed by atoms with van der Waals surface area (Å²) in [6, 6.07) is -0.327. The minimum Gasteiger partial charge on any atom is -0.481 e. The first-order chi connectivity index (χ1) is 9.60. The number of carbonyl (C=O) groups is 2. The average Bonchev–Trinajstić information content (AvgIpc) is 2.88. The van der Waals surface area contributed by atoms with Crippen molar-refractivity contribution in [2.75, 3.05) is 26.8 Å². The van der Waals surface area contributed by atoms with Crippen LogP contribution in [0, 0.1) is 5.92 Å². The third-order valence-electron chi connectivity index (χ3n) is 3.63. The Bertz CT molecular complexity index is 444. The summed E-state index contributed by atoms with van der Waals surface area (Å²) in [5.41, 5.74) is 1.21. The summed E-state index contributed by atoms with van der Waals surface area (Å²) in [5.74, 6) is -1.34. The molecule has 6 nitrogen and oxygen atoms in total. The van der Waals surface area contributed by atoms with E-state index in [0.29, 0.717) is 26.1 Å². The molecule has 20 heavy (non-hydrogen) atoms. The van der Waals surface area contributed by atoms with Crippen LogP contribution < -0.4 is 5.32 Å². The van der Waals surface area contributed by atoms with Crippen LogP contribution in [0.5, 0.6) is 0 Å². The zero-order valence-corrected chi connectivity index (χ0v) is 11.5. The predicted octanol–water partition coefficient (Wildman–Crippen LogP) is 1.00. The Morgan fingerprint density at radius 2 is 2.30 bits per heavy atom. The lowest BCUT2D eigenvalue weighted by atomic mass is 10.1. The normalized spacial score (nSPS) is 25.4. The molecule has 0 fully saturated rings. The van der Waals surface area contributed by atoms with E-state index in [9.17, 15) is 9.59 Å². The van der Waals surface area contributed by atoms with Crippen molar-refractivity contribution < 1.29 is 19.4 Å². The lowest BCUT2D eigenvalue weighted by Crippen LogP contribution is -2.45. The second-order valence-corrected chi connectivity index (χ2v) is 5.11. The van der Waals surface area contributed by atoms with Crippen molar-refractivity contribution >= 4 is 12.0 Å². The standard InChI is InChI=1S/C14H20N2O4/c1-20-9-10-4-6-16(7-5-10)14(19)15-12-3-2-11(8-12)13(17)18/h2-4,11-12H,5-9H2,1H3,(H,15,19)(H,17,18). The molecule has 0 aromatic rings. The Labute approximate surface area is 118 Å². The van der Waals surface area contributed by atoms with Crippen LogP contribution in [0.1, 0.15) is 12.8 Å². The average molecular weight is 280 g/mol. The van der Waals surface area contributed by atoms with E-state index in [4.69, 9.17) is 9.84 Å². The number of nitrogens with zero attached hydrogens (tertiary/aromatic N) is 1. The van der Waals surface area contributed by atoms with E-state index in [2.05, 4.69) is 5.32 Å². The van der Waals surface area contributed by atoms with Crippen LogP contribution in [0.4, 0.5) is 4.79 Å². The lowest BCUT2D eigenvalue weighted by Gasteiger charge is -2.27. The van der Waals surface area contributed by atoms with Crippen LogP contribution in [0.3, 0.4) is 0 Å². The number of nitrogens with one attached hydrogen (secondary N) is 1. The molecular formula is C14H20N2O4. The van der Waals surface area contributed by atoms with Gasteiger partial charge in [-0.25, -0.2) is 4.79 Å². The first-order valence-corrected chi connectivity index (χ1v) is 6.73. The molecule has 1 aliphatic heterocycles. The fourth-order valence-electron chi connectivity index (χ4n) is 2.45. The molecule has 2 atom stereocenters. The number of hydrogen-bond donors (Lipinski definition) is 2. The SMILES string of the molecule is COCC1=CCN(C(=O)NC2C=CC(C(=O)O)C2)CC1. The number of carbonyl (C=O) groups excluding carboxylic acids is 1. The predicted molar refractivity (Wildman–Crippen MR) is 73.4 cm³/mol. The van der Waals surface area contributed by atoms with E-state index in [1.807, 2.05) is 6.08 Å². The largest absolute Gasteiger partial charge is 0.481 e. The smallest absolute Gasteiger partial charge is 0.318 e. The molecule has 0 saturated heterocycles. The summed E-state index contributed by atoms with van der Waals surface area (Å²) in [4.78, 5) is 24.6. The molecule has 0 aromatic carbocycles. The van der Waals surface area contributed by atoms with Gasteiger partial charge in [-0.05, 0) is 18.4 Å². The van der Waals surface area contributed by atoms with Gasteiger partial charge in [0.1, 0.15) is 0 Å². The monoisotopic (exact) mass is 280 g/mol. The van der Waals surface area contributed by atoms with E-state index < -0.39 is 11.9 Å². The summed E-state index contributed by atoms with van der Waals surface area (Å²) in [6.07, 6.45) is 6.66. The summed E-state index contributed by atoms with van der Waals surface area (Å²) >= 11 is 0. The van der Waals surface area contributed by atoms with E-state index >= 15 is 0 Å². The maximum Gasteiger partial charge on any atom is 0.318 e. The van der Waals surface area contributed by atoms with Gasteiger partial charge in [0, 0.05) is 20.2 Å². The van der Waals surface area contributed by atoms with Crippen LogP contribution in [0.2, 0.25) is 0 Å². The fraction of sp³-hybridized carbons (Fsp3) is 0.571. The van der Waals surface area contributed by atoms with Crippen LogP contribution in [-0.2, 0) is 9.53 Å². The maximum absolute atomic E-state index is 12.1. The van der Waals surface area contributed by atoms with Crippen molar-refractivity contribution in [3.8, 4) is 0 Å². The van der Waals surface area contributed by atoms with E-state index in [1.165, 1.54) is 5.57 Å². The van der Waals surface area contributed by atoms with Crippen molar-refractivity contribution in [3.63, 3.8) is 0 Å². The minimum atomic E-state index is -0.844. The number of urea groups is 1. The Hall–Kier alpha value is -1.82. The van der Waals surface area contributed by atoms with Crippen LogP contribution in [0.15, 0.2) is 23.8 Å². The van der Waals surface area contributed by atoms with Gasteiger partial charge < -0.3 is 20.1 Å². The highest BCUT2D eigenvalue weighted by atomic mass is 16.5. The summed E-state index contributed by atoms with van der Waals surface area (Å²) in [7, 11) is 1.66. The van der Waals surface area contributed by atoms with Gasteiger partial charge in [-0.15, -0.1) is 0 Å². The van der Waals surface area contributed by atoms with Gasteiger partial charge >= 0.3 is 12.0 Å². The Morgan fingerprint density at radius 1 is 1.50 bits per heavy atom. The van der Waals surface area contributed by atoms with Gasteiger partial charge in [-0.2, -0.15) is 0 Å². The number of methoxy groups -OCH3 is 1. The van der Waals surface area contributed by atoms with Gasteiger partial charge in [-0.3, -0.25) is 4.79 Å². The van der Waals surface area contributed by atoms with E-state index in [0.717, 1.165) is 6.42 Å². The molecular weight excluding hydrogens is 260 g/mol. The van der Waals surface area contributed by atoms with Gasteiger partial charge in [0.25, 0.3) is 0 Å². The molecule has 6 heteroatoms.